The summed E-state index contributed by atoms with van der Waals surface area (Å²) in [6, 6.07) is 0. The van der Waals surface area contributed by atoms with Gasteiger partial charge in [0.1, 0.15) is 12.1 Å². The zero-order chi connectivity index (χ0) is 13.4. The van der Waals surface area contributed by atoms with Crippen LogP contribution < -0.4 is 4.90 Å². The van der Waals surface area contributed by atoms with Crippen molar-refractivity contribution < 1.29 is 0 Å². The third-order valence-corrected chi connectivity index (χ3v) is 4.00. The lowest BCUT2D eigenvalue weighted by Gasteiger charge is -2.36. The van der Waals surface area contributed by atoms with Crippen LogP contribution in [0.1, 0.15) is 18.2 Å². The molecular formula is C13H20N6. The predicted octanol–water partition coefficient (Wildman–Crippen LogP) is 0.883. The van der Waals surface area contributed by atoms with Crippen LogP contribution in [0.25, 0.3) is 5.78 Å². The topological polar surface area (TPSA) is 49.6 Å². The van der Waals surface area contributed by atoms with Crippen LogP contribution in [-0.2, 0) is 0 Å². The quantitative estimate of drug-likeness (QED) is 0.802. The zero-order valence-electron chi connectivity index (χ0n) is 11.8. The number of hydrogen-bond acceptors (Lipinski definition) is 5. The van der Waals surface area contributed by atoms with E-state index >= 15 is 0 Å². The minimum absolute atomic E-state index is 0.691. The summed E-state index contributed by atoms with van der Waals surface area (Å²) in [4.78, 5) is 13.6. The summed E-state index contributed by atoms with van der Waals surface area (Å²) in [5, 5.41) is 4.32. The number of anilines is 1. The third kappa shape index (κ3) is 2.06. The zero-order valence-corrected chi connectivity index (χ0v) is 11.8. The number of fused-ring (bicyclic) bond motifs is 1. The van der Waals surface area contributed by atoms with Crippen molar-refractivity contribution in [3.8, 4) is 0 Å². The Morgan fingerprint density at radius 3 is 2.58 bits per heavy atom. The lowest BCUT2D eigenvalue weighted by Crippen LogP contribution is -2.47. The van der Waals surface area contributed by atoms with E-state index in [-0.39, 0.29) is 0 Å². The highest BCUT2D eigenvalue weighted by Crippen LogP contribution is 2.23. The first-order valence-corrected chi connectivity index (χ1v) is 6.85. The molecule has 1 saturated heterocycles. The Kier molecular flexibility index (Phi) is 3.10. The average molecular weight is 260 g/mol. The summed E-state index contributed by atoms with van der Waals surface area (Å²) >= 11 is 0. The molecule has 0 N–H and O–H groups in total. The van der Waals surface area contributed by atoms with Crippen molar-refractivity contribution >= 4 is 11.6 Å². The monoisotopic (exact) mass is 260 g/mol. The minimum atomic E-state index is 0.691. The molecule has 102 valence electrons. The van der Waals surface area contributed by atoms with Crippen molar-refractivity contribution in [2.45, 2.75) is 20.8 Å². The molecule has 2 aromatic heterocycles. The highest BCUT2D eigenvalue weighted by atomic mass is 15.4. The van der Waals surface area contributed by atoms with E-state index in [0.717, 1.165) is 44.2 Å². The number of piperazine rings is 1. The average Bonchev–Trinajstić information content (AvgIpc) is 2.88. The molecule has 1 aliphatic heterocycles. The van der Waals surface area contributed by atoms with Crippen LogP contribution in [0.15, 0.2) is 6.33 Å². The van der Waals surface area contributed by atoms with E-state index in [4.69, 9.17) is 0 Å². The molecule has 0 amide bonds. The summed E-state index contributed by atoms with van der Waals surface area (Å²) in [5.74, 6) is 1.84. The van der Waals surface area contributed by atoms with Gasteiger partial charge in [0.15, 0.2) is 0 Å². The standard InChI is InChI=1S/C13H20N6/c1-4-17-5-7-18(8-6-17)12-10(2)11(3)16-13-14-9-15-19(12)13/h9H,4-8H2,1-3H3. The fraction of sp³-hybridized carbons (Fsp3) is 0.615. The highest BCUT2D eigenvalue weighted by molar-refractivity contribution is 5.54. The number of aromatic nitrogens is 4. The van der Waals surface area contributed by atoms with Crippen LogP contribution in [0.5, 0.6) is 0 Å². The highest BCUT2D eigenvalue weighted by Gasteiger charge is 2.21. The number of rotatable bonds is 2. The predicted molar refractivity (Wildman–Crippen MR) is 74.6 cm³/mol. The summed E-state index contributed by atoms with van der Waals surface area (Å²) in [6.45, 7) is 11.8. The van der Waals surface area contributed by atoms with Gasteiger partial charge in [0.25, 0.3) is 5.78 Å². The molecule has 2 aromatic rings. The van der Waals surface area contributed by atoms with Gasteiger partial charge >= 0.3 is 0 Å². The number of nitrogens with zero attached hydrogens (tertiary/aromatic N) is 6. The van der Waals surface area contributed by atoms with Gasteiger partial charge in [-0.1, -0.05) is 6.92 Å². The molecule has 0 unspecified atom stereocenters. The molecule has 0 spiro atoms. The number of hydrogen-bond donors (Lipinski definition) is 0. The molecule has 3 heterocycles. The second kappa shape index (κ2) is 4.77. The number of aryl methyl sites for hydroxylation is 1. The van der Waals surface area contributed by atoms with Crippen molar-refractivity contribution in [2.24, 2.45) is 0 Å². The Bertz CT molecular complexity index is 582. The summed E-state index contributed by atoms with van der Waals surface area (Å²) in [7, 11) is 0. The molecule has 6 nitrogen and oxygen atoms in total. The molecule has 6 heteroatoms. The molecule has 1 aliphatic rings. The van der Waals surface area contributed by atoms with Crippen molar-refractivity contribution in [3.05, 3.63) is 17.6 Å². The van der Waals surface area contributed by atoms with E-state index in [0.29, 0.717) is 5.78 Å². The van der Waals surface area contributed by atoms with Gasteiger partial charge < -0.3 is 9.80 Å². The Labute approximate surface area is 113 Å². The molecule has 0 aliphatic carbocycles. The van der Waals surface area contributed by atoms with Crippen LogP contribution in [0.3, 0.4) is 0 Å². The van der Waals surface area contributed by atoms with Crippen molar-refractivity contribution in [2.75, 3.05) is 37.6 Å². The van der Waals surface area contributed by atoms with Crippen LogP contribution in [-0.4, -0.2) is 57.2 Å². The van der Waals surface area contributed by atoms with E-state index in [1.807, 2.05) is 11.4 Å². The second-order valence-electron chi connectivity index (χ2n) is 5.04. The lowest BCUT2D eigenvalue weighted by molar-refractivity contribution is 0.270. The van der Waals surface area contributed by atoms with Gasteiger partial charge in [0, 0.05) is 37.4 Å². The normalized spacial score (nSPS) is 17.3. The van der Waals surface area contributed by atoms with Gasteiger partial charge in [0.2, 0.25) is 0 Å². The smallest absolute Gasteiger partial charge is 0.254 e. The first-order valence-electron chi connectivity index (χ1n) is 6.85. The first kappa shape index (κ1) is 12.3. The maximum absolute atomic E-state index is 4.47. The summed E-state index contributed by atoms with van der Waals surface area (Å²) in [6.07, 6.45) is 1.58. The van der Waals surface area contributed by atoms with E-state index in [1.165, 1.54) is 5.56 Å². The molecule has 0 radical (unpaired) electrons. The minimum Gasteiger partial charge on any atom is -0.354 e. The molecular weight excluding hydrogens is 240 g/mol. The van der Waals surface area contributed by atoms with E-state index in [1.54, 1.807) is 6.33 Å². The first-order chi connectivity index (χ1) is 9.20. The van der Waals surface area contributed by atoms with Gasteiger partial charge in [-0.25, -0.2) is 4.98 Å². The largest absolute Gasteiger partial charge is 0.354 e. The van der Waals surface area contributed by atoms with E-state index in [2.05, 4.69) is 38.7 Å². The van der Waals surface area contributed by atoms with Gasteiger partial charge in [-0.2, -0.15) is 14.6 Å². The van der Waals surface area contributed by atoms with Crippen LogP contribution in [0.4, 0.5) is 5.82 Å². The fourth-order valence-corrected chi connectivity index (χ4v) is 2.66. The molecule has 0 aromatic carbocycles. The maximum atomic E-state index is 4.47. The van der Waals surface area contributed by atoms with Crippen molar-refractivity contribution in [3.63, 3.8) is 0 Å². The van der Waals surface area contributed by atoms with E-state index < -0.39 is 0 Å². The molecule has 0 saturated carbocycles. The molecule has 0 bridgehead atoms. The Balaban J connectivity index is 2.00. The molecule has 19 heavy (non-hydrogen) atoms. The van der Waals surface area contributed by atoms with Crippen LogP contribution in [0.2, 0.25) is 0 Å². The van der Waals surface area contributed by atoms with Crippen LogP contribution >= 0.6 is 0 Å². The van der Waals surface area contributed by atoms with Gasteiger partial charge in [0.05, 0.1) is 0 Å². The van der Waals surface area contributed by atoms with Gasteiger partial charge in [-0.3, -0.25) is 0 Å². The SMILES string of the molecule is CCN1CCN(c2c(C)c(C)nc3ncnn23)CC1. The lowest BCUT2D eigenvalue weighted by atomic mass is 10.2. The van der Waals surface area contributed by atoms with Crippen molar-refractivity contribution in [1.29, 1.82) is 0 Å². The van der Waals surface area contributed by atoms with Gasteiger partial charge in [-0.05, 0) is 20.4 Å². The molecule has 1 fully saturated rings. The molecule has 3 rings (SSSR count). The summed E-state index contributed by atoms with van der Waals surface area (Å²) < 4.78 is 1.87. The maximum Gasteiger partial charge on any atom is 0.254 e. The van der Waals surface area contributed by atoms with Crippen molar-refractivity contribution in [1.82, 2.24) is 24.5 Å². The number of likely N-dealkylation sites (N-methyl/N-ethyl adjacent to an activating group) is 1. The second-order valence-corrected chi connectivity index (χ2v) is 5.04. The third-order valence-electron chi connectivity index (χ3n) is 4.00. The summed E-state index contributed by atoms with van der Waals surface area (Å²) in [5.41, 5.74) is 2.23. The molecule has 0 atom stereocenters. The van der Waals surface area contributed by atoms with Gasteiger partial charge in [-0.15, -0.1) is 0 Å². The Hall–Kier alpha value is -1.69. The Morgan fingerprint density at radius 1 is 1.16 bits per heavy atom. The van der Waals surface area contributed by atoms with Crippen LogP contribution in [0, 0.1) is 13.8 Å². The Morgan fingerprint density at radius 2 is 1.89 bits per heavy atom. The fourth-order valence-electron chi connectivity index (χ4n) is 2.66. The van der Waals surface area contributed by atoms with E-state index in [9.17, 15) is 0 Å².